The minimum absolute atomic E-state index is 0.247. The van der Waals surface area contributed by atoms with E-state index in [9.17, 15) is 9.59 Å². The molecule has 0 N–H and O–H groups in total. The number of hydrogen-bond donors (Lipinski definition) is 0. The highest BCUT2D eigenvalue weighted by molar-refractivity contribution is 5.78. The molecule has 0 aliphatic carbocycles. The van der Waals surface area contributed by atoms with Gasteiger partial charge in [-0.2, -0.15) is 0 Å². The van der Waals surface area contributed by atoms with Crippen molar-refractivity contribution in [2.75, 3.05) is 0 Å². The summed E-state index contributed by atoms with van der Waals surface area (Å²) in [5.41, 5.74) is 0.914. The van der Waals surface area contributed by atoms with Gasteiger partial charge in [0.2, 0.25) is 0 Å². The summed E-state index contributed by atoms with van der Waals surface area (Å²) < 4.78 is 11.1. The fourth-order valence-corrected chi connectivity index (χ4v) is 2.44. The van der Waals surface area contributed by atoms with Crippen LogP contribution in [0.1, 0.15) is 72.8 Å². The predicted molar refractivity (Wildman–Crippen MR) is 104 cm³/mol. The second kappa shape index (κ2) is 11.0. The largest absolute Gasteiger partial charge is 0.422 e. The number of carbonyl (C=O) groups excluding carboxylic acids is 2. The Morgan fingerprint density at radius 2 is 1.46 bits per heavy atom. The summed E-state index contributed by atoms with van der Waals surface area (Å²) in [6.07, 6.45) is 5.36. The van der Waals surface area contributed by atoms with Crippen molar-refractivity contribution < 1.29 is 19.1 Å². The van der Waals surface area contributed by atoms with Gasteiger partial charge in [-0.3, -0.25) is 9.59 Å². The Hall–Kier alpha value is -1.84. The van der Waals surface area contributed by atoms with E-state index in [2.05, 4.69) is 13.8 Å². The van der Waals surface area contributed by atoms with Crippen molar-refractivity contribution in [3.8, 4) is 11.5 Å². The molecular formula is C22H34O4. The van der Waals surface area contributed by atoms with E-state index in [1.807, 2.05) is 12.1 Å². The van der Waals surface area contributed by atoms with E-state index in [0.29, 0.717) is 11.5 Å². The predicted octanol–water partition coefficient (Wildman–Crippen LogP) is 5.57. The maximum atomic E-state index is 12.1. The van der Waals surface area contributed by atoms with Crippen LogP contribution in [0.4, 0.5) is 0 Å². The van der Waals surface area contributed by atoms with Crippen LogP contribution in [0.5, 0.6) is 11.5 Å². The molecule has 0 radical (unpaired) electrons. The molecule has 0 unspecified atom stereocenters. The second-order valence-electron chi connectivity index (χ2n) is 7.89. The first-order valence-corrected chi connectivity index (χ1v) is 9.77. The molecule has 0 spiro atoms. The highest BCUT2D eigenvalue weighted by atomic mass is 16.6. The van der Waals surface area contributed by atoms with E-state index < -0.39 is 0 Å². The Bertz CT molecular complexity index is 588. The van der Waals surface area contributed by atoms with E-state index in [-0.39, 0.29) is 23.8 Å². The molecule has 0 saturated heterocycles. The van der Waals surface area contributed by atoms with Crippen molar-refractivity contribution in [2.45, 2.75) is 73.6 Å². The number of para-hydroxylation sites is 1. The van der Waals surface area contributed by atoms with Crippen molar-refractivity contribution in [1.29, 1.82) is 0 Å². The molecule has 0 atom stereocenters. The summed E-state index contributed by atoms with van der Waals surface area (Å²) in [5.74, 6) is 0.295. The average molecular weight is 363 g/mol. The summed E-state index contributed by atoms with van der Waals surface area (Å²) in [6.45, 7) is 11.6. The molecule has 1 rings (SSSR count). The van der Waals surface area contributed by atoms with E-state index in [1.54, 1.807) is 33.8 Å². The van der Waals surface area contributed by atoms with Crippen LogP contribution in [0.25, 0.3) is 0 Å². The quantitative estimate of drug-likeness (QED) is 0.310. The van der Waals surface area contributed by atoms with Gasteiger partial charge in [0.05, 0.1) is 11.8 Å². The van der Waals surface area contributed by atoms with Crippen LogP contribution in [0, 0.1) is 17.8 Å². The standard InChI is InChI=1S/C22H34O4/c1-15(2)11-8-7-9-12-18-13-10-14-19(25-21(23)16(3)4)20(18)26-22(24)17(5)6/h10,13-17H,7-9,11-12H2,1-6H3. The van der Waals surface area contributed by atoms with Gasteiger partial charge >= 0.3 is 11.9 Å². The van der Waals surface area contributed by atoms with Gasteiger partial charge in [0, 0.05) is 0 Å². The average Bonchev–Trinajstić information content (AvgIpc) is 2.56. The molecule has 26 heavy (non-hydrogen) atoms. The molecule has 1 aromatic rings. The van der Waals surface area contributed by atoms with Crippen molar-refractivity contribution in [2.24, 2.45) is 17.8 Å². The first-order valence-electron chi connectivity index (χ1n) is 9.77. The summed E-state index contributed by atoms with van der Waals surface area (Å²) in [6, 6.07) is 5.47. The van der Waals surface area contributed by atoms with Gasteiger partial charge in [-0.25, -0.2) is 0 Å². The maximum Gasteiger partial charge on any atom is 0.313 e. The number of benzene rings is 1. The van der Waals surface area contributed by atoms with Crippen LogP contribution in [-0.4, -0.2) is 11.9 Å². The number of carbonyl (C=O) groups is 2. The molecule has 0 fully saturated rings. The molecule has 0 saturated carbocycles. The van der Waals surface area contributed by atoms with Crippen molar-refractivity contribution >= 4 is 11.9 Å². The van der Waals surface area contributed by atoms with Crippen LogP contribution in [-0.2, 0) is 16.0 Å². The monoisotopic (exact) mass is 362 g/mol. The minimum atomic E-state index is -0.332. The fraction of sp³-hybridized carbons (Fsp3) is 0.636. The van der Waals surface area contributed by atoms with Gasteiger partial charge in [0.25, 0.3) is 0 Å². The number of esters is 2. The Kier molecular flexibility index (Phi) is 9.39. The Labute approximate surface area is 158 Å². The third-order valence-electron chi connectivity index (χ3n) is 4.14. The second-order valence-corrected chi connectivity index (χ2v) is 7.89. The molecule has 0 amide bonds. The molecule has 0 aromatic heterocycles. The lowest BCUT2D eigenvalue weighted by Crippen LogP contribution is -2.19. The maximum absolute atomic E-state index is 12.1. The van der Waals surface area contributed by atoms with Gasteiger partial charge in [0.15, 0.2) is 11.5 Å². The zero-order chi connectivity index (χ0) is 19.7. The van der Waals surface area contributed by atoms with Crippen molar-refractivity contribution in [3.63, 3.8) is 0 Å². The topological polar surface area (TPSA) is 52.6 Å². The third kappa shape index (κ3) is 7.59. The molecule has 0 bridgehead atoms. The molecule has 1 aromatic carbocycles. The van der Waals surface area contributed by atoms with Crippen LogP contribution in [0.15, 0.2) is 18.2 Å². The summed E-state index contributed by atoms with van der Waals surface area (Å²) in [5, 5.41) is 0. The summed E-state index contributed by atoms with van der Waals surface area (Å²) >= 11 is 0. The normalized spacial score (nSPS) is 11.3. The lowest BCUT2D eigenvalue weighted by atomic mass is 10.0. The Morgan fingerprint density at radius 3 is 2.04 bits per heavy atom. The van der Waals surface area contributed by atoms with Gasteiger partial charge in [-0.05, 0) is 30.4 Å². The summed E-state index contributed by atoms with van der Waals surface area (Å²) in [7, 11) is 0. The molecule has 4 nitrogen and oxygen atoms in total. The van der Waals surface area contributed by atoms with Crippen LogP contribution in [0.3, 0.4) is 0 Å². The zero-order valence-corrected chi connectivity index (χ0v) is 17.1. The van der Waals surface area contributed by atoms with Crippen molar-refractivity contribution in [3.05, 3.63) is 23.8 Å². The van der Waals surface area contributed by atoms with Gasteiger partial charge in [0.1, 0.15) is 0 Å². The first kappa shape index (κ1) is 22.2. The minimum Gasteiger partial charge on any atom is -0.422 e. The molecular weight excluding hydrogens is 328 g/mol. The highest BCUT2D eigenvalue weighted by Gasteiger charge is 2.20. The SMILES string of the molecule is CC(C)CCCCCc1cccc(OC(=O)C(C)C)c1OC(=O)C(C)C. The van der Waals surface area contributed by atoms with Crippen molar-refractivity contribution in [1.82, 2.24) is 0 Å². The number of unbranched alkanes of at least 4 members (excludes halogenated alkanes) is 2. The van der Waals surface area contributed by atoms with Gasteiger partial charge < -0.3 is 9.47 Å². The smallest absolute Gasteiger partial charge is 0.313 e. The highest BCUT2D eigenvalue weighted by Crippen LogP contribution is 2.34. The van der Waals surface area contributed by atoms with Crippen LogP contribution >= 0.6 is 0 Å². The first-order chi connectivity index (χ1) is 12.2. The molecule has 146 valence electrons. The molecule has 0 aliphatic rings. The van der Waals surface area contributed by atoms with Crippen LogP contribution in [0.2, 0.25) is 0 Å². The third-order valence-corrected chi connectivity index (χ3v) is 4.14. The van der Waals surface area contributed by atoms with Gasteiger partial charge in [-0.1, -0.05) is 72.9 Å². The molecule has 0 heterocycles. The lowest BCUT2D eigenvalue weighted by molar-refractivity contribution is -0.140. The lowest BCUT2D eigenvalue weighted by Gasteiger charge is -2.16. The number of hydrogen-bond acceptors (Lipinski definition) is 4. The van der Waals surface area contributed by atoms with E-state index >= 15 is 0 Å². The zero-order valence-electron chi connectivity index (χ0n) is 17.1. The van der Waals surface area contributed by atoms with Crippen LogP contribution < -0.4 is 9.47 Å². The van der Waals surface area contributed by atoms with E-state index in [4.69, 9.17) is 9.47 Å². The van der Waals surface area contributed by atoms with Gasteiger partial charge in [-0.15, -0.1) is 0 Å². The number of rotatable bonds is 10. The molecule has 0 aliphatic heterocycles. The van der Waals surface area contributed by atoms with E-state index in [1.165, 1.54) is 12.8 Å². The summed E-state index contributed by atoms with van der Waals surface area (Å²) in [4.78, 5) is 24.1. The fourth-order valence-electron chi connectivity index (χ4n) is 2.44. The van der Waals surface area contributed by atoms with E-state index in [0.717, 1.165) is 30.7 Å². The number of aryl methyl sites for hydroxylation is 1. The molecule has 4 heteroatoms. The number of ether oxygens (including phenoxy) is 2. The Balaban J connectivity index is 2.92. The Morgan fingerprint density at radius 1 is 0.846 bits per heavy atom.